The molecule has 0 radical (unpaired) electrons. The molecule has 1 aromatic carbocycles. The number of fused-ring (bicyclic) bond motifs is 1. The number of carbonyl (C=O) groups is 1. The van der Waals surface area contributed by atoms with Gasteiger partial charge in [0.25, 0.3) is 15.9 Å². The van der Waals surface area contributed by atoms with Gasteiger partial charge in [0.05, 0.1) is 18.2 Å². The third-order valence-electron chi connectivity index (χ3n) is 2.62. The van der Waals surface area contributed by atoms with Gasteiger partial charge in [0, 0.05) is 6.08 Å². The first-order valence-corrected chi connectivity index (χ1v) is 6.64. The molecule has 0 spiro atoms. The van der Waals surface area contributed by atoms with E-state index in [2.05, 4.69) is 0 Å². The molecule has 6 heteroatoms. The Morgan fingerprint density at radius 1 is 1.44 bits per heavy atom. The molecule has 1 aliphatic rings. The molecule has 0 aliphatic carbocycles. The van der Waals surface area contributed by atoms with E-state index in [0.717, 1.165) is 4.31 Å². The number of allylic oxidation sites excluding steroid dienone is 1. The molecule has 1 amide bonds. The summed E-state index contributed by atoms with van der Waals surface area (Å²) in [6.45, 7) is 1.51. The maximum atomic E-state index is 12.1. The molecule has 5 nitrogen and oxygen atoms in total. The highest BCUT2D eigenvalue weighted by atomic mass is 32.2. The van der Waals surface area contributed by atoms with Gasteiger partial charge in [-0.15, -0.1) is 0 Å². The lowest BCUT2D eigenvalue weighted by Crippen LogP contribution is -2.31. The monoisotopic (exact) mass is 262 g/mol. The first-order valence-electron chi connectivity index (χ1n) is 5.20. The Bertz CT molecular complexity index is 684. The largest absolute Gasteiger partial charge is 0.269 e. The molecular weight excluding hydrogens is 252 g/mol. The van der Waals surface area contributed by atoms with Crippen LogP contribution in [0.2, 0.25) is 0 Å². The van der Waals surface area contributed by atoms with E-state index in [4.69, 9.17) is 5.26 Å². The number of benzene rings is 1. The number of amides is 1. The molecule has 18 heavy (non-hydrogen) atoms. The summed E-state index contributed by atoms with van der Waals surface area (Å²) in [4.78, 5) is 12.0. The fourth-order valence-corrected chi connectivity index (χ4v) is 3.38. The molecule has 1 heterocycles. The third-order valence-corrected chi connectivity index (χ3v) is 4.40. The average Bonchev–Trinajstić information content (AvgIpc) is 2.52. The molecule has 0 unspecified atom stereocenters. The van der Waals surface area contributed by atoms with Crippen LogP contribution in [-0.4, -0.2) is 25.2 Å². The van der Waals surface area contributed by atoms with Gasteiger partial charge >= 0.3 is 0 Å². The van der Waals surface area contributed by atoms with Crippen molar-refractivity contribution in [3.63, 3.8) is 0 Å². The van der Waals surface area contributed by atoms with Crippen molar-refractivity contribution in [3.8, 4) is 6.07 Å². The second kappa shape index (κ2) is 4.27. The Kier molecular flexibility index (Phi) is 2.93. The molecule has 0 aromatic heterocycles. The lowest BCUT2D eigenvalue weighted by Gasteiger charge is -2.14. The Morgan fingerprint density at radius 2 is 2.11 bits per heavy atom. The SMILES string of the molecule is CC(=CC#N)CN1C(=O)c2ccccc2S1(=O)=O. The molecule has 0 saturated heterocycles. The summed E-state index contributed by atoms with van der Waals surface area (Å²) >= 11 is 0. The minimum absolute atomic E-state index is 0.0276. The van der Waals surface area contributed by atoms with Crippen molar-refractivity contribution in [2.75, 3.05) is 6.54 Å². The van der Waals surface area contributed by atoms with Crippen molar-refractivity contribution in [2.45, 2.75) is 11.8 Å². The molecule has 0 fully saturated rings. The van der Waals surface area contributed by atoms with E-state index in [-0.39, 0.29) is 17.0 Å². The lowest BCUT2D eigenvalue weighted by atomic mass is 10.2. The standard InChI is InChI=1S/C12H10N2O3S/c1-9(6-7-13)8-14-12(15)10-4-2-3-5-11(10)18(14,16)17/h2-6H,8H2,1H3. The van der Waals surface area contributed by atoms with Crippen LogP contribution in [-0.2, 0) is 10.0 Å². The smallest absolute Gasteiger partial charge is 0.268 e. The van der Waals surface area contributed by atoms with Crippen LogP contribution in [0.5, 0.6) is 0 Å². The molecule has 1 aromatic rings. The number of sulfonamides is 1. The molecule has 92 valence electrons. The number of rotatable bonds is 2. The van der Waals surface area contributed by atoms with Gasteiger partial charge in [-0.05, 0) is 24.6 Å². The Hall–Kier alpha value is -2.13. The Labute approximate surface area is 105 Å². The van der Waals surface area contributed by atoms with E-state index in [0.29, 0.717) is 5.57 Å². The van der Waals surface area contributed by atoms with Gasteiger partial charge in [0.2, 0.25) is 0 Å². The van der Waals surface area contributed by atoms with Crippen LogP contribution in [0.25, 0.3) is 0 Å². The van der Waals surface area contributed by atoms with Gasteiger partial charge in [0.15, 0.2) is 0 Å². The van der Waals surface area contributed by atoms with Gasteiger partial charge in [-0.25, -0.2) is 12.7 Å². The highest BCUT2D eigenvalue weighted by Crippen LogP contribution is 2.30. The molecule has 0 atom stereocenters. The van der Waals surface area contributed by atoms with Gasteiger partial charge in [-0.3, -0.25) is 4.79 Å². The number of hydrogen-bond acceptors (Lipinski definition) is 4. The van der Waals surface area contributed by atoms with Crippen molar-refractivity contribution < 1.29 is 13.2 Å². The summed E-state index contributed by atoms with van der Waals surface area (Å²) in [6.07, 6.45) is 1.23. The van der Waals surface area contributed by atoms with E-state index in [1.54, 1.807) is 19.1 Å². The first-order chi connectivity index (χ1) is 8.48. The summed E-state index contributed by atoms with van der Waals surface area (Å²) in [7, 11) is -3.78. The Morgan fingerprint density at radius 3 is 2.72 bits per heavy atom. The highest BCUT2D eigenvalue weighted by molar-refractivity contribution is 7.90. The number of nitrogens with zero attached hydrogens (tertiary/aromatic N) is 2. The van der Waals surface area contributed by atoms with E-state index < -0.39 is 15.9 Å². The van der Waals surface area contributed by atoms with Crippen LogP contribution < -0.4 is 0 Å². The van der Waals surface area contributed by atoms with Crippen molar-refractivity contribution in [3.05, 3.63) is 41.5 Å². The van der Waals surface area contributed by atoms with Crippen LogP contribution in [0.4, 0.5) is 0 Å². The quantitative estimate of drug-likeness (QED) is 0.752. The van der Waals surface area contributed by atoms with Crippen molar-refractivity contribution >= 4 is 15.9 Å². The Balaban J connectivity index is 2.47. The molecule has 0 N–H and O–H groups in total. The van der Waals surface area contributed by atoms with Crippen LogP contribution >= 0.6 is 0 Å². The molecule has 1 aliphatic heterocycles. The van der Waals surface area contributed by atoms with Crippen LogP contribution in [0, 0.1) is 11.3 Å². The van der Waals surface area contributed by atoms with Crippen LogP contribution in [0.3, 0.4) is 0 Å². The van der Waals surface area contributed by atoms with E-state index >= 15 is 0 Å². The van der Waals surface area contributed by atoms with Gasteiger partial charge in [-0.2, -0.15) is 5.26 Å². The highest BCUT2D eigenvalue weighted by Gasteiger charge is 2.40. The third kappa shape index (κ3) is 1.79. The number of hydrogen-bond donors (Lipinski definition) is 0. The van der Waals surface area contributed by atoms with Crippen molar-refractivity contribution in [2.24, 2.45) is 0 Å². The number of carbonyl (C=O) groups excluding carboxylic acids is 1. The van der Waals surface area contributed by atoms with E-state index in [1.165, 1.54) is 18.2 Å². The maximum absolute atomic E-state index is 12.1. The van der Waals surface area contributed by atoms with E-state index in [1.807, 2.05) is 6.07 Å². The predicted octanol–water partition coefficient (Wildman–Crippen LogP) is 1.30. The average molecular weight is 262 g/mol. The fourth-order valence-electron chi connectivity index (χ4n) is 1.77. The predicted molar refractivity (Wildman–Crippen MR) is 64.0 cm³/mol. The number of nitriles is 1. The van der Waals surface area contributed by atoms with Crippen LogP contribution in [0.1, 0.15) is 17.3 Å². The second-order valence-corrected chi connectivity index (χ2v) is 5.76. The zero-order valence-corrected chi connectivity index (χ0v) is 10.4. The molecule has 0 bridgehead atoms. The maximum Gasteiger partial charge on any atom is 0.269 e. The van der Waals surface area contributed by atoms with Crippen molar-refractivity contribution in [1.29, 1.82) is 5.26 Å². The zero-order valence-electron chi connectivity index (χ0n) is 9.62. The summed E-state index contributed by atoms with van der Waals surface area (Å²) < 4.78 is 25.1. The summed E-state index contributed by atoms with van der Waals surface area (Å²) in [5.74, 6) is -0.545. The van der Waals surface area contributed by atoms with Gasteiger partial charge < -0.3 is 0 Å². The minimum atomic E-state index is -3.78. The zero-order chi connectivity index (χ0) is 13.3. The lowest BCUT2D eigenvalue weighted by molar-refractivity contribution is 0.0878. The first kappa shape index (κ1) is 12.3. The molecule has 0 saturated carbocycles. The van der Waals surface area contributed by atoms with E-state index in [9.17, 15) is 13.2 Å². The summed E-state index contributed by atoms with van der Waals surface area (Å²) in [6, 6.07) is 7.90. The topological polar surface area (TPSA) is 78.2 Å². The van der Waals surface area contributed by atoms with Gasteiger partial charge in [0.1, 0.15) is 4.90 Å². The summed E-state index contributed by atoms with van der Waals surface area (Å²) in [5.41, 5.74) is 0.699. The van der Waals surface area contributed by atoms with Crippen LogP contribution in [0.15, 0.2) is 40.8 Å². The molecular formula is C12H10N2O3S. The van der Waals surface area contributed by atoms with Gasteiger partial charge in [-0.1, -0.05) is 12.1 Å². The minimum Gasteiger partial charge on any atom is -0.268 e. The summed E-state index contributed by atoms with van der Waals surface area (Å²) in [5, 5.41) is 8.50. The fraction of sp³-hybridized carbons (Fsp3) is 0.167. The normalized spacial score (nSPS) is 17.4. The molecule has 2 rings (SSSR count). The van der Waals surface area contributed by atoms with Crippen molar-refractivity contribution in [1.82, 2.24) is 4.31 Å². The second-order valence-electron chi connectivity index (χ2n) is 3.93.